The lowest BCUT2D eigenvalue weighted by molar-refractivity contribution is 0.164. The molecule has 2 heterocycles. The van der Waals surface area contributed by atoms with E-state index in [0.29, 0.717) is 12.0 Å². The van der Waals surface area contributed by atoms with Crippen LogP contribution in [-0.2, 0) is 0 Å². The van der Waals surface area contributed by atoms with E-state index < -0.39 is 0 Å². The van der Waals surface area contributed by atoms with Crippen LogP contribution in [0.3, 0.4) is 0 Å². The van der Waals surface area contributed by atoms with Gasteiger partial charge in [-0.05, 0) is 40.2 Å². The summed E-state index contributed by atoms with van der Waals surface area (Å²) in [5, 5.41) is 0. The average molecular weight is 235 g/mol. The highest BCUT2D eigenvalue weighted by molar-refractivity contribution is 5.06. The van der Waals surface area contributed by atoms with Crippen LogP contribution in [0.5, 0.6) is 0 Å². The molecule has 1 saturated heterocycles. The molecule has 4 nitrogen and oxygen atoms in total. The van der Waals surface area contributed by atoms with Crippen molar-refractivity contribution in [2.45, 2.75) is 45.6 Å². The second-order valence-corrected chi connectivity index (χ2v) is 5.20. The third-order valence-electron chi connectivity index (χ3n) is 3.46. The molecule has 0 bridgehead atoms. The van der Waals surface area contributed by atoms with E-state index in [4.69, 9.17) is 0 Å². The Bertz CT molecular complexity index is 439. The summed E-state index contributed by atoms with van der Waals surface area (Å²) in [6.45, 7) is 8.47. The molecule has 0 saturated carbocycles. The maximum absolute atomic E-state index is 11.5. The average Bonchev–Trinajstić information content (AvgIpc) is 2.28. The summed E-state index contributed by atoms with van der Waals surface area (Å²) in [6, 6.07) is 2.11. The number of likely N-dealkylation sites (tertiary alicyclic amines) is 1. The van der Waals surface area contributed by atoms with Gasteiger partial charge in [-0.25, -0.2) is 4.98 Å². The second kappa shape index (κ2) is 5.00. The van der Waals surface area contributed by atoms with Gasteiger partial charge in [0.1, 0.15) is 5.82 Å². The van der Waals surface area contributed by atoms with Gasteiger partial charge in [0.15, 0.2) is 0 Å². The molecule has 1 aliphatic rings. The molecule has 4 heteroatoms. The zero-order valence-corrected chi connectivity index (χ0v) is 10.9. The number of aromatic nitrogens is 2. The number of aromatic amines is 1. The Labute approximate surface area is 102 Å². The summed E-state index contributed by atoms with van der Waals surface area (Å²) >= 11 is 0. The van der Waals surface area contributed by atoms with Gasteiger partial charge in [-0.1, -0.05) is 0 Å². The fourth-order valence-corrected chi connectivity index (χ4v) is 2.49. The summed E-state index contributed by atoms with van der Waals surface area (Å²) in [5.41, 5.74) is 0.777. The van der Waals surface area contributed by atoms with Crippen LogP contribution in [0.1, 0.15) is 44.1 Å². The van der Waals surface area contributed by atoms with Crippen LogP contribution in [-0.4, -0.2) is 34.0 Å². The summed E-state index contributed by atoms with van der Waals surface area (Å²) in [6.07, 6.45) is 2.30. The van der Waals surface area contributed by atoms with Crippen molar-refractivity contribution in [1.82, 2.24) is 14.9 Å². The van der Waals surface area contributed by atoms with Crippen molar-refractivity contribution in [3.05, 3.63) is 27.9 Å². The minimum Gasteiger partial charge on any atom is -0.310 e. The molecular weight excluding hydrogens is 214 g/mol. The fourth-order valence-electron chi connectivity index (χ4n) is 2.49. The predicted molar refractivity (Wildman–Crippen MR) is 68.3 cm³/mol. The van der Waals surface area contributed by atoms with Gasteiger partial charge in [0, 0.05) is 30.3 Å². The Morgan fingerprint density at radius 3 is 2.94 bits per heavy atom. The summed E-state index contributed by atoms with van der Waals surface area (Å²) in [7, 11) is 0. The Kier molecular flexibility index (Phi) is 3.62. The lowest BCUT2D eigenvalue weighted by atomic mass is 9.96. The first-order valence-corrected chi connectivity index (χ1v) is 6.38. The van der Waals surface area contributed by atoms with E-state index in [-0.39, 0.29) is 5.56 Å². The molecule has 17 heavy (non-hydrogen) atoms. The number of aryl methyl sites for hydroxylation is 1. The third kappa shape index (κ3) is 2.94. The molecule has 0 spiro atoms. The van der Waals surface area contributed by atoms with Gasteiger partial charge in [-0.3, -0.25) is 4.79 Å². The van der Waals surface area contributed by atoms with Gasteiger partial charge in [-0.2, -0.15) is 0 Å². The summed E-state index contributed by atoms with van der Waals surface area (Å²) in [5.74, 6) is 1.24. The van der Waals surface area contributed by atoms with Crippen LogP contribution in [0.25, 0.3) is 0 Å². The fraction of sp³-hybridized carbons (Fsp3) is 0.692. The van der Waals surface area contributed by atoms with Crippen molar-refractivity contribution in [1.29, 1.82) is 0 Å². The monoisotopic (exact) mass is 235 g/mol. The maximum Gasteiger partial charge on any atom is 0.251 e. The van der Waals surface area contributed by atoms with Gasteiger partial charge in [0.25, 0.3) is 5.56 Å². The third-order valence-corrected chi connectivity index (χ3v) is 3.46. The van der Waals surface area contributed by atoms with Gasteiger partial charge >= 0.3 is 0 Å². The number of hydrogen-bond donors (Lipinski definition) is 1. The predicted octanol–water partition coefficient (Wildman–Crippen LogP) is 1.67. The molecule has 1 aliphatic heterocycles. The zero-order chi connectivity index (χ0) is 12.4. The molecule has 2 rings (SSSR count). The molecule has 1 unspecified atom stereocenters. The molecule has 94 valence electrons. The number of nitrogens with zero attached hydrogens (tertiary/aromatic N) is 2. The smallest absolute Gasteiger partial charge is 0.251 e. The minimum atomic E-state index is -0.0332. The summed E-state index contributed by atoms with van der Waals surface area (Å²) in [4.78, 5) is 21.3. The van der Waals surface area contributed by atoms with E-state index in [2.05, 4.69) is 28.7 Å². The van der Waals surface area contributed by atoms with Gasteiger partial charge in [0.05, 0.1) is 0 Å². The zero-order valence-electron chi connectivity index (χ0n) is 10.9. The molecule has 0 amide bonds. The first-order chi connectivity index (χ1) is 8.06. The van der Waals surface area contributed by atoms with Crippen LogP contribution in [0.2, 0.25) is 0 Å². The Balaban J connectivity index is 2.18. The van der Waals surface area contributed by atoms with Crippen LogP contribution < -0.4 is 5.56 Å². The Hall–Kier alpha value is -1.16. The Morgan fingerprint density at radius 2 is 2.29 bits per heavy atom. The van der Waals surface area contributed by atoms with Crippen molar-refractivity contribution in [2.75, 3.05) is 13.1 Å². The van der Waals surface area contributed by atoms with Crippen molar-refractivity contribution in [3.63, 3.8) is 0 Å². The lowest BCUT2D eigenvalue weighted by Crippen LogP contribution is -2.39. The molecule has 0 radical (unpaired) electrons. The second-order valence-electron chi connectivity index (χ2n) is 5.20. The van der Waals surface area contributed by atoms with E-state index in [0.717, 1.165) is 31.0 Å². The quantitative estimate of drug-likeness (QED) is 0.848. The number of piperidine rings is 1. The van der Waals surface area contributed by atoms with Crippen LogP contribution in [0.15, 0.2) is 10.9 Å². The van der Waals surface area contributed by atoms with Crippen molar-refractivity contribution < 1.29 is 0 Å². The largest absolute Gasteiger partial charge is 0.310 e. The normalized spacial score (nSPS) is 22.0. The molecule has 1 aromatic heterocycles. The van der Waals surface area contributed by atoms with Crippen molar-refractivity contribution >= 4 is 0 Å². The SMILES string of the molecule is Cc1cc(=O)[nH]c(C2CCCN(C(C)C)C2)n1. The van der Waals surface area contributed by atoms with Crippen molar-refractivity contribution in [3.8, 4) is 0 Å². The number of nitrogens with one attached hydrogen (secondary N) is 1. The van der Waals surface area contributed by atoms with Gasteiger partial charge in [0.2, 0.25) is 0 Å². The highest BCUT2D eigenvalue weighted by atomic mass is 16.1. The minimum absolute atomic E-state index is 0.0332. The first-order valence-electron chi connectivity index (χ1n) is 6.38. The molecule has 0 aromatic carbocycles. The molecular formula is C13H21N3O. The van der Waals surface area contributed by atoms with E-state index in [9.17, 15) is 4.79 Å². The van der Waals surface area contributed by atoms with Crippen LogP contribution in [0.4, 0.5) is 0 Å². The molecule has 1 fully saturated rings. The topological polar surface area (TPSA) is 49.0 Å². The Morgan fingerprint density at radius 1 is 1.53 bits per heavy atom. The maximum atomic E-state index is 11.5. The van der Waals surface area contributed by atoms with E-state index >= 15 is 0 Å². The highest BCUT2D eigenvalue weighted by Gasteiger charge is 2.24. The molecule has 1 atom stereocenters. The van der Waals surface area contributed by atoms with Crippen LogP contribution >= 0.6 is 0 Å². The lowest BCUT2D eigenvalue weighted by Gasteiger charge is -2.34. The molecule has 1 N–H and O–H groups in total. The van der Waals surface area contributed by atoms with Crippen molar-refractivity contribution in [2.24, 2.45) is 0 Å². The van der Waals surface area contributed by atoms with Gasteiger partial charge in [-0.15, -0.1) is 0 Å². The number of rotatable bonds is 2. The molecule has 0 aliphatic carbocycles. The summed E-state index contributed by atoms with van der Waals surface area (Å²) < 4.78 is 0. The number of H-pyrrole nitrogens is 1. The van der Waals surface area contributed by atoms with Gasteiger partial charge < -0.3 is 9.88 Å². The molecule has 1 aromatic rings. The standard InChI is InChI=1S/C13H21N3O/c1-9(2)16-6-4-5-11(8-16)13-14-10(3)7-12(17)15-13/h7,9,11H,4-6,8H2,1-3H3,(H,14,15,17). The highest BCUT2D eigenvalue weighted by Crippen LogP contribution is 2.24. The number of hydrogen-bond acceptors (Lipinski definition) is 3. The first kappa shape index (κ1) is 12.3. The van der Waals surface area contributed by atoms with E-state index in [1.165, 1.54) is 6.42 Å². The van der Waals surface area contributed by atoms with E-state index in [1.54, 1.807) is 6.07 Å². The van der Waals surface area contributed by atoms with E-state index in [1.807, 2.05) is 6.92 Å². The van der Waals surface area contributed by atoms with Crippen LogP contribution in [0, 0.1) is 6.92 Å².